The van der Waals surface area contributed by atoms with Crippen molar-refractivity contribution in [1.82, 2.24) is 19.5 Å². The molecule has 3 heterocycles. The molecule has 1 saturated heterocycles. The van der Waals surface area contributed by atoms with Crippen LogP contribution in [0.25, 0.3) is 11.2 Å². The standard InChI is InChI=1S/C16H14ClN5O4/c17-12-10-13(21-16(18)20-12)22(7-19-10)14-11(9(23)6-25-14)26-15(24)8-4-2-1-3-5-8/h1-5,7,9,11,14,23H,6H2,(H2,18,20,21)/t9-,11+,14+/m0/s1. The van der Waals surface area contributed by atoms with Crippen LogP contribution in [0.2, 0.25) is 5.15 Å². The molecule has 1 aliphatic rings. The zero-order valence-electron chi connectivity index (χ0n) is 13.3. The van der Waals surface area contributed by atoms with Gasteiger partial charge in [-0.15, -0.1) is 0 Å². The molecule has 3 aromatic rings. The van der Waals surface area contributed by atoms with E-state index in [2.05, 4.69) is 15.0 Å². The number of aromatic nitrogens is 4. The molecule has 10 heteroatoms. The molecular weight excluding hydrogens is 362 g/mol. The summed E-state index contributed by atoms with van der Waals surface area (Å²) >= 11 is 6.03. The van der Waals surface area contributed by atoms with Gasteiger partial charge in [-0.05, 0) is 12.1 Å². The first-order valence-electron chi connectivity index (χ1n) is 7.76. The van der Waals surface area contributed by atoms with E-state index < -0.39 is 24.4 Å². The monoisotopic (exact) mass is 375 g/mol. The number of nitrogens with two attached hydrogens (primary N) is 1. The van der Waals surface area contributed by atoms with Crippen molar-refractivity contribution in [2.24, 2.45) is 0 Å². The average Bonchev–Trinajstić information content (AvgIpc) is 3.20. The quantitative estimate of drug-likeness (QED) is 0.516. The number of hydrogen-bond donors (Lipinski definition) is 2. The van der Waals surface area contributed by atoms with Crippen LogP contribution in [0, 0.1) is 0 Å². The van der Waals surface area contributed by atoms with E-state index in [-0.39, 0.29) is 17.7 Å². The lowest BCUT2D eigenvalue weighted by atomic mass is 10.2. The van der Waals surface area contributed by atoms with Crippen LogP contribution in [-0.2, 0) is 9.47 Å². The van der Waals surface area contributed by atoms with E-state index in [9.17, 15) is 9.90 Å². The summed E-state index contributed by atoms with van der Waals surface area (Å²) in [4.78, 5) is 24.5. The Balaban J connectivity index is 1.67. The fourth-order valence-electron chi connectivity index (χ4n) is 2.80. The van der Waals surface area contributed by atoms with Crippen LogP contribution < -0.4 is 5.73 Å². The number of anilines is 1. The zero-order valence-corrected chi connectivity index (χ0v) is 14.1. The first kappa shape index (κ1) is 16.7. The van der Waals surface area contributed by atoms with Gasteiger partial charge in [0.1, 0.15) is 11.6 Å². The molecule has 26 heavy (non-hydrogen) atoms. The van der Waals surface area contributed by atoms with Crippen molar-refractivity contribution in [3.8, 4) is 0 Å². The Bertz CT molecular complexity index is 964. The van der Waals surface area contributed by atoms with E-state index in [0.29, 0.717) is 16.7 Å². The highest BCUT2D eigenvalue weighted by atomic mass is 35.5. The van der Waals surface area contributed by atoms with Gasteiger partial charge in [0.2, 0.25) is 5.95 Å². The Hall–Kier alpha value is -2.75. The first-order chi connectivity index (χ1) is 12.5. The molecule has 3 N–H and O–H groups in total. The average molecular weight is 376 g/mol. The van der Waals surface area contributed by atoms with E-state index in [0.717, 1.165) is 0 Å². The van der Waals surface area contributed by atoms with Crippen molar-refractivity contribution in [2.75, 3.05) is 12.3 Å². The van der Waals surface area contributed by atoms with Crippen LogP contribution in [-0.4, -0.2) is 49.4 Å². The number of rotatable bonds is 3. The molecule has 1 fully saturated rings. The maximum atomic E-state index is 12.4. The van der Waals surface area contributed by atoms with Gasteiger partial charge >= 0.3 is 5.97 Å². The summed E-state index contributed by atoms with van der Waals surface area (Å²) in [6.07, 6.45) is -1.35. The van der Waals surface area contributed by atoms with Crippen molar-refractivity contribution in [3.63, 3.8) is 0 Å². The highest BCUT2D eigenvalue weighted by Crippen LogP contribution is 2.31. The van der Waals surface area contributed by atoms with Crippen LogP contribution in [0.3, 0.4) is 0 Å². The number of halogens is 1. The van der Waals surface area contributed by atoms with Gasteiger partial charge in [-0.3, -0.25) is 4.57 Å². The maximum absolute atomic E-state index is 12.4. The summed E-state index contributed by atoms with van der Waals surface area (Å²) in [6.45, 7) is -0.00856. The molecule has 134 valence electrons. The predicted octanol–water partition coefficient (Wildman–Crippen LogP) is 1.18. The van der Waals surface area contributed by atoms with Crippen LogP contribution in [0.5, 0.6) is 0 Å². The largest absolute Gasteiger partial charge is 0.451 e. The number of aliphatic hydroxyl groups excluding tert-OH is 1. The molecule has 2 aromatic heterocycles. The molecule has 9 nitrogen and oxygen atoms in total. The van der Waals surface area contributed by atoms with E-state index in [1.165, 1.54) is 10.9 Å². The van der Waals surface area contributed by atoms with E-state index >= 15 is 0 Å². The lowest BCUT2D eigenvalue weighted by Crippen LogP contribution is -2.33. The second-order valence-corrected chi connectivity index (χ2v) is 6.08. The normalized spacial score (nSPS) is 22.6. The molecule has 4 rings (SSSR count). The van der Waals surface area contributed by atoms with Crippen molar-refractivity contribution >= 4 is 34.7 Å². The number of benzene rings is 1. The lowest BCUT2D eigenvalue weighted by Gasteiger charge is -2.22. The van der Waals surface area contributed by atoms with Gasteiger partial charge < -0.3 is 20.3 Å². The van der Waals surface area contributed by atoms with Crippen LogP contribution >= 0.6 is 11.6 Å². The smallest absolute Gasteiger partial charge is 0.338 e. The number of imidazole rings is 1. The summed E-state index contributed by atoms with van der Waals surface area (Å²) in [5.41, 5.74) is 6.67. The topological polar surface area (TPSA) is 125 Å². The second kappa shape index (κ2) is 6.52. The molecule has 0 spiro atoms. The van der Waals surface area contributed by atoms with Crippen LogP contribution in [0.4, 0.5) is 5.95 Å². The van der Waals surface area contributed by atoms with E-state index in [1.54, 1.807) is 30.3 Å². The van der Waals surface area contributed by atoms with Crippen molar-refractivity contribution < 1.29 is 19.4 Å². The number of ether oxygens (including phenoxy) is 2. The number of aliphatic hydroxyl groups is 1. The summed E-state index contributed by atoms with van der Waals surface area (Å²) < 4.78 is 12.6. The molecule has 1 aromatic carbocycles. The number of esters is 1. The molecule has 3 atom stereocenters. The Kier molecular flexibility index (Phi) is 4.19. The number of carbonyl (C=O) groups excluding carboxylic acids is 1. The van der Waals surface area contributed by atoms with Gasteiger partial charge in [0, 0.05) is 0 Å². The minimum atomic E-state index is -1.00. The highest BCUT2D eigenvalue weighted by molar-refractivity contribution is 6.33. The van der Waals surface area contributed by atoms with Gasteiger partial charge in [0.25, 0.3) is 0 Å². The Labute approximate surface area is 152 Å². The maximum Gasteiger partial charge on any atom is 0.338 e. The SMILES string of the molecule is Nc1nc(Cl)c2ncn([C@@H]3OC[C@H](O)[C@H]3OC(=O)c3ccccc3)c2n1. The Morgan fingerprint density at radius 2 is 2.12 bits per heavy atom. The summed E-state index contributed by atoms with van der Waals surface area (Å²) in [5, 5.41) is 10.3. The van der Waals surface area contributed by atoms with Crippen LogP contribution in [0.15, 0.2) is 36.7 Å². The summed E-state index contributed by atoms with van der Waals surface area (Å²) in [6, 6.07) is 8.49. The third-order valence-corrected chi connectivity index (χ3v) is 4.28. The fourth-order valence-corrected chi connectivity index (χ4v) is 3.02. The minimum Gasteiger partial charge on any atom is -0.451 e. The lowest BCUT2D eigenvalue weighted by molar-refractivity contribution is -0.0405. The Morgan fingerprint density at radius 3 is 2.88 bits per heavy atom. The first-order valence-corrected chi connectivity index (χ1v) is 8.13. The van der Waals surface area contributed by atoms with Gasteiger partial charge in [-0.25, -0.2) is 9.78 Å². The number of carbonyl (C=O) groups is 1. The van der Waals surface area contributed by atoms with Crippen molar-refractivity contribution in [1.29, 1.82) is 0 Å². The number of nitrogens with zero attached hydrogens (tertiary/aromatic N) is 4. The summed E-state index contributed by atoms with van der Waals surface area (Å²) in [7, 11) is 0. The van der Waals surface area contributed by atoms with Crippen LogP contribution in [0.1, 0.15) is 16.6 Å². The van der Waals surface area contributed by atoms with Crippen molar-refractivity contribution in [3.05, 3.63) is 47.4 Å². The molecule has 0 amide bonds. The second-order valence-electron chi connectivity index (χ2n) is 5.72. The van der Waals surface area contributed by atoms with Gasteiger partial charge in [0.05, 0.1) is 18.5 Å². The molecular formula is C16H14ClN5O4. The van der Waals surface area contributed by atoms with Gasteiger partial charge in [-0.1, -0.05) is 29.8 Å². The number of fused-ring (bicyclic) bond motifs is 1. The fraction of sp³-hybridized carbons (Fsp3) is 0.250. The zero-order chi connectivity index (χ0) is 18.3. The number of nitrogen functional groups attached to an aromatic ring is 1. The third-order valence-electron chi connectivity index (χ3n) is 4.02. The predicted molar refractivity (Wildman–Crippen MR) is 91.4 cm³/mol. The van der Waals surface area contributed by atoms with E-state index in [4.69, 9.17) is 26.8 Å². The van der Waals surface area contributed by atoms with E-state index in [1.807, 2.05) is 0 Å². The highest BCUT2D eigenvalue weighted by Gasteiger charge is 2.41. The van der Waals surface area contributed by atoms with Gasteiger partial charge in [0.15, 0.2) is 23.1 Å². The molecule has 1 aliphatic heterocycles. The molecule has 0 unspecified atom stereocenters. The Morgan fingerprint density at radius 1 is 1.35 bits per heavy atom. The van der Waals surface area contributed by atoms with Crippen molar-refractivity contribution in [2.45, 2.75) is 18.4 Å². The molecule has 0 saturated carbocycles. The van der Waals surface area contributed by atoms with Gasteiger partial charge in [-0.2, -0.15) is 9.97 Å². The molecule has 0 radical (unpaired) electrons. The minimum absolute atomic E-state index is 0.00856. The molecule has 0 aliphatic carbocycles. The molecule has 0 bridgehead atoms. The number of hydrogen-bond acceptors (Lipinski definition) is 8. The third kappa shape index (κ3) is 2.85. The summed E-state index contributed by atoms with van der Waals surface area (Å²) in [5.74, 6) is -0.595.